The minimum Gasteiger partial charge on any atom is -0.389 e. The van der Waals surface area contributed by atoms with Crippen LogP contribution in [0.5, 0.6) is 0 Å². The lowest BCUT2D eigenvalue weighted by Gasteiger charge is -2.39. The Morgan fingerprint density at radius 2 is 2.10 bits per heavy atom. The summed E-state index contributed by atoms with van der Waals surface area (Å²) in [6.45, 7) is 5.64. The summed E-state index contributed by atoms with van der Waals surface area (Å²) in [5.74, 6) is 1.68. The molecule has 1 aliphatic heterocycles. The molecule has 1 aromatic heterocycles. The van der Waals surface area contributed by atoms with E-state index in [4.69, 9.17) is 22.9 Å². The maximum Gasteiger partial charge on any atom is 0.130 e. The predicted molar refractivity (Wildman–Crippen MR) is 92.8 cm³/mol. The van der Waals surface area contributed by atoms with Gasteiger partial charge in [-0.15, -0.1) is 0 Å². The second-order valence-corrected chi connectivity index (χ2v) is 6.40. The highest BCUT2D eigenvalue weighted by Gasteiger charge is 2.26. The molecular weight excluding hydrogens is 278 g/mol. The van der Waals surface area contributed by atoms with Gasteiger partial charge < -0.3 is 10.6 Å². The highest BCUT2D eigenvalue weighted by molar-refractivity contribution is 7.80. The highest BCUT2D eigenvalue weighted by Crippen LogP contribution is 2.30. The van der Waals surface area contributed by atoms with E-state index in [9.17, 15) is 0 Å². The van der Waals surface area contributed by atoms with Crippen LogP contribution in [-0.2, 0) is 0 Å². The third-order valence-electron chi connectivity index (χ3n) is 4.64. The van der Waals surface area contributed by atoms with E-state index in [2.05, 4.69) is 24.8 Å². The summed E-state index contributed by atoms with van der Waals surface area (Å²) >= 11 is 5.23. The number of benzene rings is 1. The molecule has 3 rings (SSSR count). The van der Waals surface area contributed by atoms with Crippen molar-refractivity contribution < 1.29 is 0 Å². The number of hydrogen-bond donors (Lipinski definition) is 1. The summed E-state index contributed by atoms with van der Waals surface area (Å²) in [6.07, 6.45) is 2.50. The molecule has 110 valence electrons. The van der Waals surface area contributed by atoms with Gasteiger partial charge in [-0.1, -0.05) is 37.3 Å². The van der Waals surface area contributed by atoms with Gasteiger partial charge in [0.1, 0.15) is 10.8 Å². The van der Waals surface area contributed by atoms with Crippen molar-refractivity contribution in [1.82, 2.24) is 4.98 Å². The fourth-order valence-corrected chi connectivity index (χ4v) is 3.34. The van der Waals surface area contributed by atoms with Crippen LogP contribution in [0.3, 0.4) is 0 Å². The standard InChI is InChI=1S/C17H21N3S/c1-11-6-5-9-20(12(11)2)16-10-14(17(18)21)13-7-3-4-8-15(13)19-16/h3-4,7-8,10-12H,5-6,9H2,1-2H3,(H2,18,21). The topological polar surface area (TPSA) is 42.1 Å². The van der Waals surface area contributed by atoms with Gasteiger partial charge >= 0.3 is 0 Å². The highest BCUT2D eigenvalue weighted by atomic mass is 32.1. The smallest absolute Gasteiger partial charge is 0.130 e. The first-order valence-corrected chi connectivity index (χ1v) is 7.95. The van der Waals surface area contributed by atoms with Gasteiger partial charge in [0.25, 0.3) is 0 Å². The average molecular weight is 299 g/mol. The minimum atomic E-state index is 0.438. The number of hydrogen-bond acceptors (Lipinski definition) is 3. The molecule has 1 aliphatic rings. The molecule has 0 amide bonds. The van der Waals surface area contributed by atoms with Crippen molar-refractivity contribution in [2.45, 2.75) is 32.7 Å². The summed E-state index contributed by atoms with van der Waals surface area (Å²) in [5, 5.41) is 1.03. The van der Waals surface area contributed by atoms with Crippen molar-refractivity contribution >= 4 is 33.9 Å². The van der Waals surface area contributed by atoms with Crippen LogP contribution in [0.1, 0.15) is 32.3 Å². The normalized spacial score (nSPS) is 22.5. The Balaban J connectivity index is 2.13. The van der Waals surface area contributed by atoms with Gasteiger partial charge in [-0.3, -0.25) is 0 Å². The Bertz CT molecular complexity index is 683. The molecule has 2 heterocycles. The molecule has 0 spiro atoms. The van der Waals surface area contributed by atoms with Crippen LogP contribution in [0.4, 0.5) is 5.82 Å². The van der Waals surface area contributed by atoms with E-state index in [0.29, 0.717) is 16.9 Å². The summed E-state index contributed by atoms with van der Waals surface area (Å²) in [5.41, 5.74) is 7.81. The first kappa shape index (κ1) is 14.3. The molecule has 2 atom stereocenters. The lowest BCUT2D eigenvalue weighted by molar-refractivity contribution is 0.362. The molecule has 1 aromatic carbocycles. The third-order valence-corrected chi connectivity index (χ3v) is 4.86. The molecule has 4 heteroatoms. The van der Waals surface area contributed by atoms with Crippen LogP contribution in [-0.4, -0.2) is 22.6 Å². The zero-order chi connectivity index (χ0) is 15.0. The van der Waals surface area contributed by atoms with Crippen LogP contribution in [0, 0.1) is 5.92 Å². The number of nitrogens with zero attached hydrogens (tertiary/aromatic N) is 2. The number of para-hydroxylation sites is 1. The molecular formula is C17H21N3S. The molecule has 0 bridgehead atoms. The maximum absolute atomic E-state index is 5.93. The Hall–Kier alpha value is -1.68. The molecule has 0 radical (unpaired) electrons. The molecule has 0 aliphatic carbocycles. The molecule has 2 unspecified atom stereocenters. The van der Waals surface area contributed by atoms with E-state index >= 15 is 0 Å². The second kappa shape index (κ2) is 5.60. The number of rotatable bonds is 2. The average Bonchev–Trinajstić information content (AvgIpc) is 2.48. The van der Waals surface area contributed by atoms with Crippen molar-refractivity contribution in [2.75, 3.05) is 11.4 Å². The number of aromatic nitrogens is 1. The van der Waals surface area contributed by atoms with Gasteiger partial charge in [0, 0.05) is 23.5 Å². The minimum absolute atomic E-state index is 0.438. The van der Waals surface area contributed by atoms with Crippen molar-refractivity contribution in [1.29, 1.82) is 0 Å². The molecule has 0 saturated carbocycles. The quantitative estimate of drug-likeness (QED) is 0.862. The summed E-state index contributed by atoms with van der Waals surface area (Å²) in [4.78, 5) is 7.67. The lowest BCUT2D eigenvalue weighted by Crippen LogP contribution is -2.43. The van der Waals surface area contributed by atoms with E-state index in [0.717, 1.165) is 28.8 Å². The Morgan fingerprint density at radius 1 is 1.33 bits per heavy atom. The number of nitrogens with two attached hydrogens (primary N) is 1. The van der Waals surface area contributed by atoms with E-state index < -0.39 is 0 Å². The zero-order valence-electron chi connectivity index (χ0n) is 12.5. The van der Waals surface area contributed by atoms with E-state index in [1.54, 1.807) is 0 Å². The van der Waals surface area contributed by atoms with Crippen LogP contribution >= 0.6 is 12.2 Å². The second-order valence-electron chi connectivity index (χ2n) is 5.96. The van der Waals surface area contributed by atoms with Gasteiger partial charge in [0.05, 0.1) is 5.52 Å². The predicted octanol–water partition coefficient (Wildman–Crippen LogP) is 3.49. The number of fused-ring (bicyclic) bond motifs is 1. The van der Waals surface area contributed by atoms with Crippen LogP contribution in [0.15, 0.2) is 30.3 Å². The molecule has 2 N–H and O–H groups in total. The first-order chi connectivity index (χ1) is 10.1. The van der Waals surface area contributed by atoms with E-state index in [1.807, 2.05) is 24.3 Å². The Kier molecular flexibility index (Phi) is 3.81. The zero-order valence-corrected chi connectivity index (χ0v) is 13.4. The van der Waals surface area contributed by atoms with Crippen molar-refractivity contribution in [3.63, 3.8) is 0 Å². The number of pyridine rings is 1. The van der Waals surface area contributed by atoms with Crippen LogP contribution < -0.4 is 10.6 Å². The first-order valence-electron chi connectivity index (χ1n) is 7.54. The lowest BCUT2D eigenvalue weighted by atomic mass is 9.92. The summed E-state index contributed by atoms with van der Waals surface area (Å²) in [6, 6.07) is 10.6. The van der Waals surface area contributed by atoms with Gasteiger partial charge in [-0.2, -0.15) is 0 Å². The van der Waals surface area contributed by atoms with E-state index in [1.165, 1.54) is 12.8 Å². The fraction of sp³-hybridized carbons (Fsp3) is 0.412. The largest absolute Gasteiger partial charge is 0.389 e. The summed E-state index contributed by atoms with van der Waals surface area (Å²) < 4.78 is 0. The van der Waals surface area contributed by atoms with E-state index in [-0.39, 0.29) is 0 Å². The Morgan fingerprint density at radius 3 is 2.86 bits per heavy atom. The monoisotopic (exact) mass is 299 g/mol. The van der Waals surface area contributed by atoms with Gasteiger partial charge in [-0.25, -0.2) is 4.98 Å². The molecule has 1 saturated heterocycles. The molecule has 2 aromatic rings. The maximum atomic E-state index is 5.93. The molecule has 21 heavy (non-hydrogen) atoms. The van der Waals surface area contributed by atoms with Crippen LogP contribution in [0.2, 0.25) is 0 Å². The summed E-state index contributed by atoms with van der Waals surface area (Å²) in [7, 11) is 0. The Labute approximate surface area is 131 Å². The van der Waals surface area contributed by atoms with Gasteiger partial charge in [-0.05, 0) is 37.8 Å². The van der Waals surface area contributed by atoms with Crippen molar-refractivity contribution in [3.05, 3.63) is 35.9 Å². The SMILES string of the molecule is CC1CCCN(c2cc(C(N)=S)c3ccccc3n2)C1C. The molecule has 1 fully saturated rings. The van der Waals surface area contributed by atoms with Gasteiger partial charge in [0.2, 0.25) is 0 Å². The third kappa shape index (κ3) is 2.60. The fourth-order valence-electron chi connectivity index (χ4n) is 3.17. The number of anilines is 1. The number of piperidine rings is 1. The van der Waals surface area contributed by atoms with Crippen molar-refractivity contribution in [3.8, 4) is 0 Å². The van der Waals surface area contributed by atoms with Crippen molar-refractivity contribution in [2.24, 2.45) is 11.7 Å². The van der Waals surface area contributed by atoms with Crippen LogP contribution in [0.25, 0.3) is 10.9 Å². The molecule has 3 nitrogen and oxygen atoms in total. The number of thiocarbonyl (C=S) groups is 1. The van der Waals surface area contributed by atoms with Gasteiger partial charge in [0.15, 0.2) is 0 Å².